The molecule has 1 N–H and O–H groups in total. The summed E-state index contributed by atoms with van der Waals surface area (Å²) in [5.74, 6) is 1.50. The lowest BCUT2D eigenvalue weighted by molar-refractivity contribution is -0.116. The zero-order valence-corrected chi connectivity index (χ0v) is 13.1. The van der Waals surface area contributed by atoms with Gasteiger partial charge in [-0.3, -0.25) is 10.1 Å². The molecule has 0 saturated carbocycles. The zero-order valence-electron chi connectivity index (χ0n) is 12.3. The topological polar surface area (TPSA) is 64.1 Å². The second kappa shape index (κ2) is 5.48. The fourth-order valence-corrected chi connectivity index (χ4v) is 3.30. The molecule has 0 unspecified atom stereocenters. The van der Waals surface area contributed by atoms with Crippen molar-refractivity contribution >= 4 is 22.6 Å². The Bertz CT molecular complexity index is 845. The minimum absolute atomic E-state index is 0.135. The number of para-hydroxylation sites is 2. The third-order valence-corrected chi connectivity index (χ3v) is 4.42. The lowest BCUT2D eigenvalue weighted by Gasteiger charge is -2.27. The van der Waals surface area contributed by atoms with Gasteiger partial charge in [-0.25, -0.2) is 4.98 Å². The maximum atomic E-state index is 12.9. The monoisotopic (exact) mass is 323 g/mol. The summed E-state index contributed by atoms with van der Waals surface area (Å²) in [4.78, 5) is 17.1. The Morgan fingerprint density at radius 1 is 1.09 bits per heavy atom. The number of amides is 1. The van der Waals surface area contributed by atoms with E-state index < -0.39 is 5.92 Å². The first-order valence-corrected chi connectivity index (χ1v) is 7.96. The average Bonchev–Trinajstić information content (AvgIpc) is 2.97. The molecule has 1 aromatic heterocycles. The summed E-state index contributed by atoms with van der Waals surface area (Å²) < 4.78 is 10.0. The molecule has 114 valence electrons. The lowest BCUT2D eigenvalue weighted by Crippen LogP contribution is -2.25. The number of hydrogen-bond donors (Lipinski definition) is 1. The number of fused-ring (bicyclic) bond motifs is 2. The highest BCUT2D eigenvalue weighted by atomic mass is 32.1. The van der Waals surface area contributed by atoms with Gasteiger partial charge in [0, 0.05) is 22.7 Å². The second-order valence-electron chi connectivity index (χ2n) is 5.25. The quantitative estimate of drug-likeness (QED) is 0.780. The summed E-state index contributed by atoms with van der Waals surface area (Å²) in [5, 5.41) is 3.37. The van der Waals surface area contributed by atoms with Crippen LogP contribution in [-0.2, 0) is 4.79 Å². The number of rotatable bonds is 2. The van der Waals surface area contributed by atoms with E-state index in [1.54, 1.807) is 6.92 Å². The maximum absolute atomic E-state index is 12.9. The minimum atomic E-state index is -0.430. The van der Waals surface area contributed by atoms with Crippen molar-refractivity contribution in [3.63, 3.8) is 0 Å². The van der Waals surface area contributed by atoms with Crippen molar-refractivity contribution in [2.24, 2.45) is 0 Å². The fraction of sp³-hybridized carbons (Fsp3) is 0.118. The highest BCUT2D eigenvalue weighted by Gasteiger charge is 2.32. The van der Waals surface area contributed by atoms with E-state index in [-0.39, 0.29) is 5.91 Å². The minimum Gasteiger partial charge on any atom is -0.457 e. The predicted molar refractivity (Wildman–Crippen MR) is 88.1 cm³/mol. The van der Waals surface area contributed by atoms with Crippen molar-refractivity contribution in [2.75, 3.05) is 5.32 Å². The number of ether oxygens (including phenoxy) is 1. The van der Waals surface area contributed by atoms with Gasteiger partial charge >= 0.3 is 0 Å². The molecule has 4 rings (SSSR count). The number of carbonyl (C=O) groups excluding carboxylic acids is 1. The third-order valence-electron chi connectivity index (χ3n) is 3.70. The molecule has 1 amide bonds. The van der Waals surface area contributed by atoms with Gasteiger partial charge in [0.15, 0.2) is 0 Å². The normalized spacial score (nSPS) is 12.9. The van der Waals surface area contributed by atoms with Crippen LogP contribution in [0.3, 0.4) is 0 Å². The molecule has 23 heavy (non-hydrogen) atoms. The first-order valence-electron chi connectivity index (χ1n) is 7.19. The van der Waals surface area contributed by atoms with Crippen molar-refractivity contribution < 1.29 is 9.53 Å². The van der Waals surface area contributed by atoms with E-state index in [1.165, 1.54) is 11.5 Å². The van der Waals surface area contributed by atoms with Gasteiger partial charge in [-0.15, -0.1) is 0 Å². The van der Waals surface area contributed by atoms with Crippen LogP contribution >= 0.6 is 11.5 Å². The number of anilines is 1. The molecular formula is C17H13N3O2S. The molecule has 0 radical (unpaired) electrons. The third kappa shape index (κ3) is 2.47. The molecule has 2 heterocycles. The number of benzene rings is 2. The molecule has 6 heteroatoms. The van der Waals surface area contributed by atoms with Crippen LogP contribution in [0.25, 0.3) is 0 Å². The van der Waals surface area contributed by atoms with Crippen molar-refractivity contribution in [1.82, 2.24) is 9.36 Å². The molecule has 0 spiro atoms. The molecule has 1 aliphatic rings. The summed E-state index contributed by atoms with van der Waals surface area (Å²) in [6, 6.07) is 15.2. The number of carbonyl (C=O) groups is 1. The van der Waals surface area contributed by atoms with Crippen LogP contribution in [0.4, 0.5) is 5.13 Å². The van der Waals surface area contributed by atoms with Gasteiger partial charge in [0.25, 0.3) is 0 Å². The van der Waals surface area contributed by atoms with Gasteiger partial charge in [-0.05, 0) is 19.1 Å². The first-order chi connectivity index (χ1) is 11.2. The Hall–Kier alpha value is -2.73. The largest absolute Gasteiger partial charge is 0.457 e. The standard InChI is InChI=1S/C17H13N3O2S/c1-10-18-17(23-20-10)19-16(21)15-11-6-2-4-8-13(11)22-14-9-5-3-7-12(14)15/h2-9,15H,1H3,(H,18,19,20,21). The van der Waals surface area contributed by atoms with Crippen LogP contribution in [0.1, 0.15) is 22.9 Å². The number of hydrogen-bond acceptors (Lipinski definition) is 5. The molecule has 5 nitrogen and oxygen atoms in total. The van der Waals surface area contributed by atoms with Crippen LogP contribution < -0.4 is 10.1 Å². The molecular weight excluding hydrogens is 310 g/mol. The summed E-state index contributed by atoms with van der Waals surface area (Å²) in [7, 11) is 0. The summed E-state index contributed by atoms with van der Waals surface area (Å²) in [6.45, 7) is 1.80. The van der Waals surface area contributed by atoms with E-state index in [0.717, 1.165) is 11.1 Å². The van der Waals surface area contributed by atoms with Crippen LogP contribution in [0.15, 0.2) is 48.5 Å². The smallest absolute Gasteiger partial charge is 0.238 e. The van der Waals surface area contributed by atoms with E-state index in [0.29, 0.717) is 22.5 Å². The first kappa shape index (κ1) is 13.9. The van der Waals surface area contributed by atoms with Crippen molar-refractivity contribution in [3.8, 4) is 11.5 Å². The van der Waals surface area contributed by atoms with Crippen LogP contribution in [0.2, 0.25) is 0 Å². The lowest BCUT2D eigenvalue weighted by atomic mass is 9.87. The molecule has 0 saturated heterocycles. The fourth-order valence-electron chi connectivity index (χ4n) is 2.72. The number of aromatic nitrogens is 2. The molecule has 1 aliphatic heterocycles. The average molecular weight is 323 g/mol. The van der Waals surface area contributed by atoms with Gasteiger partial charge < -0.3 is 4.74 Å². The van der Waals surface area contributed by atoms with Gasteiger partial charge in [-0.2, -0.15) is 4.37 Å². The summed E-state index contributed by atoms with van der Waals surface area (Å²) in [5.41, 5.74) is 1.70. The van der Waals surface area contributed by atoms with Crippen LogP contribution in [-0.4, -0.2) is 15.3 Å². The molecule has 0 bridgehead atoms. The van der Waals surface area contributed by atoms with Crippen molar-refractivity contribution in [2.45, 2.75) is 12.8 Å². The second-order valence-corrected chi connectivity index (χ2v) is 6.00. The molecule has 2 aromatic carbocycles. The molecule has 0 aliphatic carbocycles. The van der Waals surface area contributed by atoms with Gasteiger partial charge in [0.05, 0.1) is 5.92 Å². The Kier molecular flexibility index (Phi) is 3.31. The van der Waals surface area contributed by atoms with Crippen LogP contribution in [0.5, 0.6) is 11.5 Å². The number of nitrogens with one attached hydrogen (secondary N) is 1. The van der Waals surface area contributed by atoms with Gasteiger partial charge in [0.1, 0.15) is 17.3 Å². The zero-order chi connectivity index (χ0) is 15.8. The number of nitrogens with zero attached hydrogens (tertiary/aromatic N) is 2. The number of aryl methyl sites for hydroxylation is 1. The Balaban J connectivity index is 1.76. The highest BCUT2D eigenvalue weighted by Crippen LogP contribution is 2.44. The van der Waals surface area contributed by atoms with Gasteiger partial charge in [0.2, 0.25) is 11.0 Å². The Labute approximate surface area is 137 Å². The molecule has 3 aromatic rings. The Morgan fingerprint density at radius 3 is 2.26 bits per heavy atom. The maximum Gasteiger partial charge on any atom is 0.238 e. The van der Waals surface area contributed by atoms with E-state index in [9.17, 15) is 4.79 Å². The Morgan fingerprint density at radius 2 is 1.70 bits per heavy atom. The summed E-state index contributed by atoms with van der Waals surface area (Å²) >= 11 is 1.18. The SMILES string of the molecule is Cc1nsc(NC(=O)C2c3ccccc3Oc3ccccc32)n1. The molecule has 0 fully saturated rings. The molecule has 0 atom stereocenters. The van der Waals surface area contributed by atoms with E-state index in [2.05, 4.69) is 14.7 Å². The van der Waals surface area contributed by atoms with Crippen molar-refractivity contribution in [3.05, 3.63) is 65.5 Å². The van der Waals surface area contributed by atoms with Crippen LogP contribution in [0, 0.1) is 6.92 Å². The highest BCUT2D eigenvalue weighted by molar-refractivity contribution is 7.09. The van der Waals surface area contributed by atoms with E-state index in [4.69, 9.17) is 4.74 Å². The van der Waals surface area contributed by atoms with E-state index in [1.807, 2.05) is 48.5 Å². The van der Waals surface area contributed by atoms with E-state index >= 15 is 0 Å². The predicted octanol–water partition coefficient (Wildman–Crippen LogP) is 3.72. The van der Waals surface area contributed by atoms with Crippen molar-refractivity contribution in [1.29, 1.82) is 0 Å². The summed E-state index contributed by atoms with van der Waals surface area (Å²) in [6.07, 6.45) is 0. The van der Waals surface area contributed by atoms with Gasteiger partial charge in [-0.1, -0.05) is 36.4 Å².